The van der Waals surface area contributed by atoms with Crippen molar-refractivity contribution in [2.45, 2.75) is 20.8 Å². The third kappa shape index (κ3) is 3.34. The van der Waals surface area contributed by atoms with E-state index in [-0.39, 0.29) is 0 Å². The van der Waals surface area contributed by atoms with E-state index >= 15 is 0 Å². The Kier molecular flexibility index (Phi) is 4.54. The highest BCUT2D eigenvalue weighted by Gasteiger charge is 2.21. The Balaban J connectivity index is 1.30. The van der Waals surface area contributed by atoms with E-state index in [0.717, 1.165) is 71.7 Å². The lowest BCUT2D eigenvalue weighted by Gasteiger charge is -2.36. The van der Waals surface area contributed by atoms with Crippen molar-refractivity contribution in [2.24, 2.45) is 0 Å². The molecule has 0 radical (unpaired) electrons. The van der Waals surface area contributed by atoms with Gasteiger partial charge in [-0.1, -0.05) is 12.1 Å². The Morgan fingerprint density at radius 1 is 0.733 bits per heavy atom. The molecule has 8 heteroatoms. The van der Waals surface area contributed by atoms with E-state index in [9.17, 15) is 0 Å². The predicted octanol–water partition coefficient (Wildman–Crippen LogP) is 2.86. The molecule has 1 aliphatic rings. The number of hydrogen-bond acceptors (Lipinski definition) is 7. The Hall–Kier alpha value is -3.55. The highest BCUT2D eigenvalue weighted by Crippen LogP contribution is 2.22. The molecule has 0 spiro atoms. The van der Waals surface area contributed by atoms with Crippen LogP contribution in [-0.4, -0.2) is 56.1 Å². The number of hydrogen-bond donors (Lipinski definition) is 0. The smallest absolute Gasteiger partial charge is 0.176 e. The lowest BCUT2D eigenvalue weighted by Crippen LogP contribution is -2.47. The molecule has 1 aliphatic heterocycles. The molecule has 0 atom stereocenters. The van der Waals surface area contributed by atoms with Crippen LogP contribution in [0.5, 0.6) is 0 Å². The van der Waals surface area contributed by atoms with Gasteiger partial charge in [0.15, 0.2) is 17.5 Å². The maximum atomic E-state index is 4.86. The molecule has 8 nitrogen and oxygen atoms in total. The lowest BCUT2D eigenvalue weighted by molar-refractivity contribution is 0.635. The number of nitrogens with zero attached hydrogens (tertiary/aromatic N) is 8. The molecule has 4 aromatic rings. The van der Waals surface area contributed by atoms with Crippen molar-refractivity contribution < 1.29 is 0 Å². The number of benzene rings is 1. The summed E-state index contributed by atoms with van der Waals surface area (Å²) in [7, 11) is 0. The minimum atomic E-state index is 0.741. The Labute approximate surface area is 175 Å². The largest absolute Gasteiger partial charge is 0.352 e. The van der Waals surface area contributed by atoms with Crippen LogP contribution >= 0.6 is 0 Å². The molecule has 0 aliphatic carbocycles. The van der Waals surface area contributed by atoms with Gasteiger partial charge in [0.2, 0.25) is 0 Å². The van der Waals surface area contributed by atoms with Gasteiger partial charge in [0.05, 0.1) is 22.4 Å². The first-order valence-corrected chi connectivity index (χ1v) is 10.2. The van der Waals surface area contributed by atoms with Gasteiger partial charge in [0.25, 0.3) is 0 Å². The summed E-state index contributed by atoms with van der Waals surface area (Å²) in [5.74, 6) is 2.60. The third-order valence-electron chi connectivity index (χ3n) is 5.49. The van der Waals surface area contributed by atoms with E-state index in [0.29, 0.717) is 0 Å². The van der Waals surface area contributed by atoms with Gasteiger partial charge in [0, 0.05) is 31.9 Å². The number of rotatable bonds is 3. The molecule has 0 saturated carbocycles. The van der Waals surface area contributed by atoms with E-state index in [1.807, 2.05) is 67.9 Å². The number of fused-ring (bicyclic) bond motifs is 1. The second-order valence-corrected chi connectivity index (χ2v) is 7.68. The fourth-order valence-electron chi connectivity index (χ4n) is 3.99. The normalized spacial score (nSPS) is 14.5. The van der Waals surface area contributed by atoms with Crippen molar-refractivity contribution in [1.29, 1.82) is 0 Å². The number of piperazine rings is 1. The molecular formula is C22H24N8. The van der Waals surface area contributed by atoms with Crippen LogP contribution < -0.4 is 9.80 Å². The van der Waals surface area contributed by atoms with E-state index in [4.69, 9.17) is 9.97 Å². The van der Waals surface area contributed by atoms with Crippen LogP contribution in [0.2, 0.25) is 0 Å². The SMILES string of the molecule is Cc1cc(C)n(-c2ccc(N3CCN(c4nc5ccccc5nc4C)CC3)nn2)n1. The van der Waals surface area contributed by atoms with Gasteiger partial charge < -0.3 is 9.80 Å². The second kappa shape index (κ2) is 7.37. The van der Waals surface area contributed by atoms with Crippen molar-refractivity contribution in [2.75, 3.05) is 36.0 Å². The topological polar surface area (TPSA) is 75.9 Å². The highest BCUT2D eigenvalue weighted by atomic mass is 15.4. The van der Waals surface area contributed by atoms with Crippen molar-refractivity contribution in [3.8, 4) is 5.82 Å². The average molecular weight is 400 g/mol. The van der Waals surface area contributed by atoms with Crippen LogP contribution in [0.15, 0.2) is 42.5 Å². The van der Waals surface area contributed by atoms with E-state index in [1.165, 1.54) is 0 Å². The molecule has 152 valence electrons. The van der Waals surface area contributed by atoms with Crippen molar-refractivity contribution in [3.63, 3.8) is 0 Å². The van der Waals surface area contributed by atoms with E-state index in [1.54, 1.807) is 0 Å². The van der Waals surface area contributed by atoms with Crippen molar-refractivity contribution in [1.82, 2.24) is 29.9 Å². The molecule has 5 rings (SSSR count). The lowest BCUT2D eigenvalue weighted by atomic mass is 10.2. The summed E-state index contributed by atoms with van der Waals surface area (Å²) in [6, 6.07) is 14.1. The molecule has 0 amide bonds. The summed E-state index contributed by atoms with van der Waals surface area (Å²) in [6.07, 6.45) is 0. The zero-order chi connectivity index (χ0) is 20.7. The monoisotopic (exact) mass is 400 g/mol. The minimum absolute atomic E-state index is 0.741. The average Bonchev–Trinajstić information content (AvgIpc) is 3.11. The molecule has 1 aromatic carbocycles. The Morgan fingerprint density at radius 3 is 2.00 bits per heavy atom. The number of anilines is 2. The number of aryl methyl sites for hydroxylation is 3. The first-order valence-electron chi connectivity index (χ1n) is 10.2. The molecule has 30 heavy (non-hydrogen) atoms. The van der Waals surface area contributed by atoms with Gasteiger partial charge >= 0.3 is 0 Å². The predicted molar refractivity (Wildman–Crippen MR) is 117 cm³/mol. The van der Waals surface area contributed by atoms with Crippen LogP contribution in [0.4, 0.5) is 11.6 Å². The standard InChI is InChI=1S/C22H24N8/c1-15-14-16(2)30(27-15)21-9-8-20(25-26-21)28-10-12-29(13-11-28)22-17(3)23-18-6-4-5-7-19(18)24-22/h4-9,14H,10-13H2,1-3H3. The van der Waals surface area contributed by atoms with Crippen molar-refractivity contribution >= 4 is 22.7 Å². The van der Waals surface area contributed by atoms with Crippen LogP contribution in [0.3, 0.4) is 0 Å². The summed E-state index contributed by atoms with van der Waals surface area (Å²) >= 11 is 0. The number of para-hydroxylation sites is 2. The van der Waals surface area contributed by atoms with Gasteiger partial charge in [-0.25, -0.2) is 14.6 Å². The maximum absolute atomic E-state index is 4.86. The Bertz CT molecular complexity index is 1190. The summed E-state index contributed by atoms with van der Waals surface area (Å²) in [4.78, 5) is 14.2. The highest BCUT2D eigenvalue weighted by molar-refractivity contribution is 5.76. The van der Waals surface area contributed by atoms with Crippen LogP contribution in [0.25, 0.3) is 16.9 Å². The minimum Gasteiger partial charge on any atom is -0.352 e. The second-order valence-electron chi connectivity index (χ2n) is 7.68. The summed E-state index contributed by atoms with van der Waals surface area (Å²) in [5.41, 5.74) is 4.87. The van der Waals surface area contributed by atoms with Crippen LogP contribution in [-0.2, 0) is 0 Å². The fourth-order valence-corrected chi connectivity index (χ4v) is 3.99. The molecular weight excluding hydrogens is 376 g/mol. The van der Waals surface area contributed by atoms with Crippen molar-refractivity contribution in [3.05, 3.63) is 59.5 Å². The zero-order valence-corrected chi connectivity index (χ0v) is 17.4. The van der Waals surface area contributed by atoms with Gasteiger partial charge in [-0.15, -0.1) is 10.2 Å². The van der Waals surface area contributed by atoms with E-state index < -0.39 is 0 Å². The molecule has 0 N–H and O–H groups in total. The molecule has 3 aromatic heterocycles. The van der Waals surface area contributed by atoms with Crippen LogP contribution in [0, 0.1) is 20.8 Å². The molecule has 4 heterocycles. The summed E-state index contributed by atoms with van der Waals surface area (Å²) in [6.45, 7) is 9.50. The van der Waals surface area contributed by atoms with Gasteiger partial charge in [-0.3, -0.25) is 0 Å². The van der Waals surface area contributed by atoms with Gasteiger partial charge in [-0.05, 0) is 51.1 Å². The van der Waals surface area contributed by atoms with Gasteiger partial charge in [-0.2, -0.15) is 5.10 Å². The van der Waals surface area contributed by atoms with Gasteiger partial charge in [0.1, 0.15) is 0 Å². The quantitative estimate of drug-likeness (QED) is 0.523. The maximum Gasteiger partial charge on any atom is 0.176 e. The fraction of sp³-hybridized carbons (Fsp3) is 0.318. The summed E-state index contributed by atoms with van der Waals surface area (Å²) < 4.78 is 1.82. The third-order valence-corrected chi connectivity index (χ3v) is 5.49. The van der Waals surface area contributed by atoms with Crippen LogP contribution in [0.1, 0.15) is 17.1 Å². The summed E-state index contributed by atoms with van der Waals surface area (Å²) in [5, 5.41) is 13.3. The number of aromatic nitrogens is 6. The Morgan fingerprint density at radius 2 is 1.37 bits per heavy atom. The molecule has 1 fully saturated rings. The first-order chi connectivity index (χ1) is 14.6. The molecule has 0 unspecified atom stereocenters. The van der Waals surface area contributed by atoms with E-state index in [2.05, 4.69) is 25.1 Å². The first kappa shape index (κ1) is 18.5. The molecule has 1 saturated heterocycles. The zero-order valence-electron chi connectivity index (χ0n) is 17.4. The molecule has 0 bridgehead atoms.